The summed E-state index contributed by atoms with van der Waals surface area (Å²) in [5.41, 5.74) is 12.1. The molecule has 9 heteroatoms. The van der Waals surface area contributed by atoms with Crippen molar-refractivity contribution in [3.05, 3.63) is 24.0 Å². The molecule has 0 aliphatic heterocycles. The third-order valence-corrected chi connectivity index (χ3v) is 4.16. The van der Waals surface area contributed by atoms with Crippen molar-refractivity contribution in [3.8, 4) is 0 Å². The summed E-state index contributed by atoms with van der Waals surface area (Å²) in [5, 5.41) is 18.6. The lowest BCUT2D eigenvalue weighted by molar-refractivity contribution is 0.0995. The van der Waals surface area contributed by atoms with Crippen LogP contribution in [0.4, 0.5) is 17.3 Å². The molecule has 0 bridgehead atoms. The molecule has 1 fully saturated rings. The summed E-state index contributed by atoms with van der Waals surface area (Å²) in [6, 6.07) is 3.73. The van der Waals surface area contributed by atoms with Crippen molar-refractivity contribution < 1.29 is 4.79 Å². The lowest BCUT2D eigenvalue weighted by Gasteiger charge is -2.29. The Morgan fingerprint density at radius 2 is 2.08 bits per heavy atom. The minimum Gasteiger partial charge on any atom is -0.364 e. The van der Waals surface area contributed by atoms with Crippen LogP contribution in [0.2, 0.25) is 0 Å². The van der Waals surface area contributed by atoms with E-state index in [0.29, 0.717) is 17.3 Å². The average Bonchev–Trinajstić information content (AvgIpc) is 2.94. The van der Waals surface area contributed by atoms with E-state index in [9.17, 15) is 4.79 Å². The van der Waals surface area contributed by atoms with Gasteiger partial charge >= 0.3 is 0 Å². The number of aromatic nitrogens is 4. The highest BCUT2D eigenvalue weighted by Gasteiger charge is 2.23. The number of carbonyl (C=O) groups is 1. The van der Waals surface area contributed by atoms with Crippen molar-refractivity contribution in [1.29, 1.82) is 0 Å². The molecule has 128 valence electrons. The number of nitrogens with one attached hydrogen (secondary N) is 2. The normalized spacial score (nSPS) is 20.6. The van der Waals surface area contributed by atoms with Crippen molar-refractivity contribution in [2.75, 3.05) is 10.6 Å². The van der Waals surface area contributed by atoms with Gasteiger partial charge in [0, 0.05) is 37.5 Å². The van der Waals surface area contributed by atoms with Crippen LogP contribution in [-0.4, -0.2) is 38.0 Å². The highest BCUT2D eigenvalue weighted by Crippen LogP contribution is 2.24. The monoisotopic (exact) mass is 330 g/mol. The summed E-state index contributed by atoms with van der Waals surface area (Å²) >= 11 is 0. The molecule has 9 nitrogen and oxygen atoms in total. The van der Waals surface area contributed by atoms with Crippen LogP contribution >= 0.6 is 0 Å². The largest absolute Gasteiger partial charge is 0.364 e. The van der Waals surface area contributed by atoms with Gasteiger partial charge in [-0.1, -0.05) is 12.8 Å². The Morgan fingerprint density at radius 3 is 2.75 bits per heavy atom. The molecular formula is C15H22N8O. The van der Waals surface area contributed by atoms with Gasteiger partial charge < -0.3 is 22.1 Å². The third-order valence-electron chi connectivity index (χ3n) is 4.16. The molecule has 1 aliphatic carbocycles. The van der Waals surface area contributed by atoms with Crippen molar-refractivity contribution in [2.24, 2.45) is 18.5 Å². The predicted molar refractivity (Wildman–Crippen MR) is 90.9 cm³/mol. The van der Waals surface area contributed by atoms with E-state index in [1.807, 2.05) is 7.05 Å². The molecule has 6 N–H and O–H groups in total. The quantitative estimate of drug-likeness (QED) is 0.634. The molecular weight excluding hydrogens is 308 g/mol. The Bertz CT molecular complexity index is 728. The predicted octanol–water partition coefficient (Wildman–Crippen LogP) is 0.734. The number of nitrogens with two attached hydrogens (primary N) is 2. The number of primary amides is 1. The van der Waals surface area contributed by atoms with E-state index >= 15 is 0 Å². The van der Waals surface area contributed by atoms with Gasteiger partial charge in [-0.25, -0.2) is 0 Å². The van der Waals surface area contributed by atoms with Crippen LogP contribution in [0.1, 0.15) is 36.2 Å². The summed E-state index contributed by atoms with van der Waals surface area (Å²) in [4.78, 5) is 11.6. The first-order chi connectivity index (χ1) is 11.5. The number of carbonyl (C=O) groups excluding carboxylic acids is 1. The number of hydrogen-bond donors (Lipinski definition) is 4. The SMILES string of the molecule is Cn1ccc(Nc2cc(N[C@@H]3CCCC[C@@H]3N)nnc2C(N)=O)n1. The van der Waals surface area contributed by atoms with Crippen molar-refractivity contribution >= 4 is 23.2 Å². The zero-order valence-corrected chi connectivity index (χ0v) is 13.6. The maximum absolute atomic E-state index is 11.6. The Hall–Kier alpha value is -2.68. The highest BCUT2D eigenvalue weighted by atomic mass is 16.1. The van der Waals surface area contributed by atoms with Crippen LogP contribution in [0.15, 0.2) is 18.3 Å². The first kappa shape index (κ1) is 16.2. The fourth-order valence-electron chi connectivity index (χ4n) is 2.89. The summed E-state index contributed by atoms with van der Waals surface area (Å²) < 4.78 is 1.65. The number of anilines is 3. The average molecular weight is 330 g/mol. The fourth-order valence-corrected chi connectivity index (χ4v) is 2.89. The maximum Gasteiger partial charge on any atom is 0.271 e. The molecule has 2 aromatic rings. The lowest BCUT2D eigenvalue weighted by Crippen LogP contribution is -2.42. The van der Waals surface area contributed by atoms with Gasteiger partial charge in [-0.2, -0.15) is 5.10 Å². The van der Waals surface area contributed by atoms with Crippen LogP contribution < -0.4 is 22.1 Å². The minimum atomic E-state index is -0.651. The minimum absolute atomic E-state index is 0.0687. The van der Waals surface area contributed by atoms with Gasteiger partial charge in [0.25, 0.3) is 5.91 Å². The van der Waals surface area contributed by atoms with Crippen LogP contribution in [0.5, 0.6) is 0 Å². The molecule has 1 amide bonds. The van der Waals surface area contributed by atoms with Crippen molar-refractivity contribution in [2.45, 2.75) is 37.8 Å². The van der Waals surface area contributed by atoms with Gasteiger partial charge in [-0.15, -0.1) is 10.2 Å². The van der Waals surface area contributed by atoms with Gasteiger partial charge in [0.05, 0.1) is 5.69 Å². The van der Waals surface area contributed by atoms with E-state index in [0.717, 1.165) is 25.7 Å². The number of rotatable bonds is 5. The standard InChI is InChI=1S/C15H22N8O/c1-23-7-6-12(22-23)19-11-8-13(20-21-14(11)15(17)24)18-10-5-3-2-4-9(10)16/h6-10H,2-5,16H2,1H3,(H2,17,24)(H2,18,19,20,22)/t9-,10+/m0/s1. The molecule has 1 saturated carbocycles. The molecule has 0 saturated heterocycles. The molecule has 0 aromatic carbocycles. The van der Waals surface area contributed by atoms with E-state index in [4.69, 9.17) is 11.5 Å². The van der Waals surface area contributed by atoms with Crippen molar-refractivity contribution in [1.82, 2.24) is 20.0 Å². The zero-order chi connectivity index (χ0) is 17.1. The van der Waals surface area contributed by atoms with E-state index in [-0.39, 0.29) is 17.8 Å². The summed E-state index contributed by atoms with van der Waals surface area (Å²) in [5.74, 6) is 0.496. The maximum atomic E-state index is 11.6. The van der Waals surface area contributed by atoms with Gasteiger partial charge in [0.1, 0.15) is 0 Å². The second-order valence-electron chi connectivity index (χ2n) is 6.05. The van der Waals surface area contributed by atoms with Crippen LogP contribution in [0.3, 0.4) is 0 Å². The topological polar surface area (TPSA) is 137 Å². The van der Waals surface area contributed by atoms with Gasteiger partial charge in [-0.3, -0.25) is 9.48 Å². The van der Waals surface area contributed by atoms with E-state index < -0.39 is 5.91 Å². The molecule has 2 atom stereocenters. The van der Waals surface area contributed by atoms with Crippen molar-refractivity contribution in [3.63, 3.8) is 0 Å². The molecule has 0 radical (unpaired) electrons. The van der Waals surface area contributed by atoms with Gasteiger partial charge in [0.2, 0.25) is 0 Å². The molecule has 2 heterocycles. The lowest BCUT2D eigenvalue weighted by atomic mass is 9.91. The first-order valence-corrected chi connectivity index (χ1v) is 7.99. The molecule has 1 aliphatic rings. The second-order valence-corrected chi connectivity index (χ2v) is 6.05. The third kappa shape index (κ3) is 3.62. The number of aryl methyl sites for hydroxylation is 1. The summed E-state index contributed by atoms with van der Waals surface area (Å²) in [6.07, 6.45) is 6.06. The Morgan fingerprint density at radius 1 is 1.29 bits per heavy atom. The molecule has 24 heavy (non-hydrogen) atoms. The smallest absolute Gasteiger partial charge is 0.271 e. The molecule has 0 unspecified atom stereocenters. The molecule has 3 rings (SSSR count). The van der Waals surface area contributed by atoms with E-state index in [2.05, 4.69) is 25.9 Å². The second kappa shape index (κ2) is 6.83. The number of nitrogens with zero attached hydrogens (tertiary/aromatic N) is 4. The van der Waals surface area contributed by atoms with Crippen LogP contribution in [-0.2, 0) is 7.05 Å². The number of hydrogen-bond acceptors (Lipinski definition) is 7. The Labute approximate surface area is 139 Å². The summed E-state index contributed by atoms with van der Waals surface area (Å²) in [7, 11) is 1.81. The summed E-state index contributed by atoms with van der Waals surface area (Å²) in [6.45, 7) is 0. The first-order valence-electron chi connectivity index (χ1n) is 7.99. The molecule has 0 spiro atoms. The molecule has 2 aromatic heterocycles. The van der Waals surface area contributed by atoms with E-state index in [1.165, 1.54) is 0 Å². The van der Waals surface area contributed by atoms with Gasteiger partial charge in [-0.05, 0) is 12.8 Å². The Kier molecular flexibility index (Phi) is 4.61. The fraction of sp³-hybridized carbons (Fsp3) is 0.467. The zero-order valence-electron chi connectivity index (χ0n) is 13.6. The van der Waals surface area contributed by atoms with Gasteiger partial charge in [0.15, 0.2) is 17.3 Å². The highest BCUT2D eigenvalue weighted by molar-refractivity contribution is 5.97. The van der Waals surface area contributed by atoms with Crippen LogP contribution in [0.25, 0.3) is 0 Å². The number of amides is 1. The Balaban J connectivity index is 1.83. The van der Waals surface area contributed by atoms with Crippen LogP contribution in [0, 0.1) is 0 Å². The van der Waals surface area contributed by atoms with E-state index in [1.54, 1.807) is 23.0 Å².